The van der Waals surface area contributed by atoms with Crippen LogP contribution in [0.2, 0.25) is 0 Å². The highest BCUT2D eigenvalue weighted by atomic mass is 16.2. The van der Waals surface area contributed by atoms with E-state index >= 15 is 0 Å². The van der Waals surface area contributed by atoms with E-state index in [1.807, 2.05) is 38.1 Å². The first-order valence-electron chi connectivity index (χ1n) is 7.79. The van der Waals surface area contributed by atoms with Crippen LogP contribution >= 0.6 is 0 Å². The van der Waals surface area contributed by atoms with Crippen LogP contribution in [0.15, 0.2) is 64.6 Å². The van der Waals surface area contributed by atoms with E-state index in [4.69, 9.17) is 0 Å². The van der Waals surface area contributed by atoms with Crippen LogP contribution in [0.25, 0.3) is 0 Å². The highest BCUT2D eigenvalue weighted by molar-refractivity contribution is 5.28. The molecule has 0 saturated heterocycles. The maximum Gasteiger partial charge on any atom is 0.331 e. The van der Waals surface area contributed by atoms with E-state index < -0.39 is 0 Å². The first-order valence-corrected chi connectivity index (χ1v) is 7.79. The minimum Gasteiger partial charge on any atom is -0.296 e. The number of aryl methyl sites for hydroxylation is 2. The van der Waals surface area contributed by atoms with Crippen LogP contribution < -0.4 is 11.2 Å². The Morgan fingerprint density at radius 3 is 2.21 bits per heavy atom. The van der Waals surface area contributed by atoms with Crippen molar-refractivity contribution in [2.24, 2.45) is 0 Å². The third-order valence-corrected chi connectivity index (χ3v) is 3.86. The lowest BCUT2D eigenvalue weighted by Crippen LogP contribution is -2.39. The number of rotatable bonds is 4. The van der Waals surface area contributed by atoms with Crippen LogP contribution in [0.3, 0.4) is 0 Å². The van der Waals surface area contributed by atoms with E-state index in [0.717, 1.165) is 22.3 Å². The van der Waals surface area contributed by atoms with Gasteiger partial charge < -0.3 is 0 Å². The second-order valence-corrected chi connectivity index (χ2v) is 6.00. The number of hydrogen-bond donors (Lipinski definition) is 0. The van der Waals surface area contributed by atoms with Gasteiger partial charge in [-0.2, -0.15) is 0 Å². The molecule has 0 aliphatic heterocycles. The molecule has 0 radical (unpaired) electrons. The molecule has 2 heterocycles. The molecule has 0 bridgehead atoms. The monoisotopic (exact) mass is 321 g/mol. The highest BCUT2D eigenvalue weighted by Gasteiger charge is 2.07. The number of hydrogen-bond acceptors (Lipinski definition) is 3. The Balaban J connectivity index is 1.97. The third-order valence-electron chi connectivity index (χ3n) is 3.86. The fraction of sp³-hybridized carbons (Fsp3) is 0.211. The molecular weight excluding hydrogens is 302 g/mol. The summed E-state index contributed by atoms with van der Waals surface area (Å²) in [5.41, 5.74) is 3.55. The van der Waals surface area contributed by atoms with E-state index in [1.165, 1.54) is 10.6 Å². The van der Waals surface area contributed by atoms with Crippen LogP contribution in [-0.2, 0) is 13.1 Å². The molecule has 5 nitrogen and oxygen atoms in total. The van der Waals surface area contributed by atoms with Gasteiger partial charge in [-0.1, -0.05) is 29.3 Å². The normalized spacial score (nSPS) is 10.8. The Morgan fingerprint density at radius 1 is 0.875 bits per heavy atom. The quantitative estimate of drug-likeness (QED) is 0.739. The van der Waals surface area contributed by atoms with Gasteiger partial charge in [-0.25, -0.2) is 4.79 Å². The first-order chi connectivity index (χ1) is 11.5. The van der Waals surface area contributed by atoms with Crippen molar-refractivity contribution in [2.75, 3.05) is 0 Å². The van der Waals surface area contributed by atoms with E-state index in [1.54, 1.807) is 23.2 Å². The molecule has 0 spiro atoms. The first kappa shape index (κ1) is 15.9. The smallest absolute Gasteiger partial charge is 0.296 e. The molecule has 0 atom stereocenters. The fourth-order valence-electron chi connectivity index (χ4n) is 2.85. The molecular formula is C19H19N3O2. The molecule has 0 unspecified atom stereocenters. The van der Waals surface area contributed by atoms with Crippen molar-refractivity contribution >= 4 is 0 Å². The van der Waals surface area contributed by atoms with Gasteiger partial charge in [0.05, 0.1) is 13.1 Å². The highest BCUT2D eigenvalue weighted by Crippen LogP contribution is 2.09. The van der Waals surface area contributed by atoms with Gasteiger partial charge in [0.2, 0.25) is 0 Å². The predicted octanol–water partition coefficient (Wildman–Crippen LogP) is 2.12. The van der Waals surface area contributed by atoms with Crippen LogP contribution in [0, 0.1) is 13.8 Å². The molecule has 0 saturated carbocycles. The van der Waals surface area contributed by atoms with E-state index in [0.29, 0.717) is 6.54 Å². The number of pyridine rings is 1. The molecule has 2 aromatic heterocycles. The Morgan fingerprint density at radius 2 is 1.54 bits per heavy atom. The van der Waals surface area contributed by atoms with Gasteiger partial charge in [0, 0.05) is 24.7 Å². The molecule has 24 heavy (non-hydrogen) atoms. The minimum absolute atomic E-state index is 0.275. The summed E-state index contributed by atoms with van der Waals surface area (Å²) in [7, 11) is 0. The predicted molar refractivity (Wildman–Crippen MR) is 93.3 cm³/mol. The third kappa shape index (κ3) is 3.51. The van der Waals surface area contributed by atoms with Crippen LogP contribution in [0.5, 0.6) is 0 Å². The van der Waals surface area contributed by atoms with Crippen molar-refractivity contribution in [3.8, 4) is 0 Å². The summed E-state index contributed by atoms with van der Waals surface area (Å²) in [6.07, 6.45) is 4.92. The molecule has 0 fully saturated rings. The van der Waals surface area contributed by atoms with Gasteiger partial charge in [0.25, 0.3) is 5.56 Å². The zero-order valence-corrected chi connectivity index (χ0v) is 13.8. The summed E-state index contributed by atoms with van der Waals surface area (Å²) in [6.45, 7) is 4.70. The molecule has 1 aromatic carbocycles. The molecule has 5 heteroatoms. The number of benzene rings is 1. The van der Waals surface area contributed by atoms with E-state index in [9.17, 15) is 9.59 Å². The summed E-state index contributed by atoms with van der Waals surface area (Å²) >= 11 is 0. The SMILES string of the molecule is Cc1cc(C)cc(Cn2c(=O)ccn(Cc3ccncc3)c2=O)c1. The Kier molecular flexibility index (Phi) is 4.42. The van der Waals surface area contributed by atoms with Crippen molar-refractivity contribution in [2.45, 2.75) is 26.9 Å². The van der Waals surface area contributed by atoms with Crippen LogP contribution in [-0.4, -0.2) is 14.1 Å². The molecule has 122 valence electrons. The largest absolute Gasteiger partial charge is 0.331 e. The minimum atomic E-state index is -0.307. The molecule has 0 aliphatic rings. The van der Waals surface area contributed by atoms with Crippen molar-refractivity contribution in [3.05, 3.63) is 98.1 Å². The number of aromatic nitrogens is 3. The lowest BCUT2D eigenvalue weighted by atomic mass is 10.1. The van der Waals surface area contributed by atoms with Gasteiger partial charge in [0.1, 0.15) is 0 Å². The van der Waals surface area contributed by atoms with Crippen molar-refractivity contribution in [1.82, 2.24) is 14.1 Å². The van der Waals surface area contributed by atoms with Crippen LogP contribution in [0.1, 0.15) is 22.3 Å². The molecule has 3 aromatic rings. The topological polar surface area (TPSA) is 56.9 Å². The summed E-state index contributed by atoms with van der Waals surface area (Å²) in [6, 6.07) is 11.2. The lowest BCUT2D eigenvalue weighted by Gasteiger charge is -2.11. The van der Waals surface area contributed by atoms with Crippen molar-refractivity contribution < 1.29 is 0 Å². The summed E-state index contributed by atoms with van der Waals surface area (Å²) in [4.78, 5) is 28.8. The molecule has 0 amide bonds. The van der Waals surface area contributed by atoms with E-state index in [-0.39, 0.29) is 17.8 Å². The average molecular weight is 321 g/mol. The van der Waals surface area contributed by atoms with Gasteiger partial charge in [-0.15, -0.1) is 0 Å². The molecule has 0 N–H and O–H groups in total. The standard InChI is InChI=1S/C19H19N3O2/c1-14-9-15(2)11-17(10-14)13-22-18(23)5-8-21(19(22)24)12-16-3-6-20-7-4-16/h3-11H,12-13H2,1-2H3. The maximum absolute atomic E-state index is 12.7. The van der Waals surface area contributed by atoms with E-state index in [2.05, 4.69) is 11.1 Å². The Bertz CT molecular complexity index is 952. The fourth-order valence-corrected chi connectivity index (χ4v) is 2.85. The Labute approximate surface area is 139 Å². The molecule has 0 aliphatic carbocycles. The van der Waals surface area contributed by atoms with Crippen LogP contribution in [0.4, 0.5) is 0 Å². The maximum atomic E-state index is 12.7. The lowest BCUT2D eigenvalue weighted by molar-refractivity contribution is 0.611. The average Bonchev–Trinajstić information content (AvgIpc) is 2.54. The zero-order valence-electron chi connectivity index (χ0n) is 13.8. The second-order valence-electron chi connectivity index (χ2n) is 6.00. The summed E-state index contributed by atoms with van der Waals surface area (Å²) < 4.78 is 2.81. The van der Waals surface area contributed by atoms with Gasteiger partial charge in [0.15, 0.2) is 0 Å². The zero-order chi connectivity index (χ0) is 17.1. The number of nitrogens with zero attached hydrogens (tertiary/aromatic N) is 3. The second kappa shape index (κ2) is 6.66. The van der Waals surface area contributed by atoms with Gasteiger partial charge >= 0.3 is 5.69 Å². The summed E-state index contributed by atoms with van der Waals surface area (Å²) in [5, 5.41) is 0. The van der Waals surface area contributed by atoms with Crippen molar-refractivity contribution in [1.29, 1.82) is 0 Å². The molecule has 3 rings (SSSR count). The van der Waals surface area contributed by atoms with Gasteiger partial charge in [-0.3, -0.25) is 18.9 Å². The van der Waals surface area contributed by atoms with Crippen molar-refractivity contribution in [3.63, 3.8) is 0 Å². The van der Waals surface area contributed by atoms with Gasteiger partial charge in [-0.05, 0) is 37.1 Å². The summed E-state index contributed by atoms with van der Waals surface area (Å²) in [5.74, 6) is 0. The Hall–Kier alpha value is -2.95.